The van der Waals surface area contributed by atoms with Crippen molar-refractivity contribution in [1.29, 1.82) is 0 Å². The molecule has 1 atom stereocenters. The second-order valence-corrected chi connectivity index (χ2v) is 8.18. The number of aromatic nitrogens is 1. The van der Waals surface area contributed by atoms with Gasteiger partial charge >= 0.3 is 0 Å². The first-order valence-electron chi connectivity index (χ1n) is 8.98. The molecule has 4 nitrogen and oxygen atoms in total. The Morgan fingerprint density at radius 2 is 2.04 bits per heavy atom. The number of hydrogen-bond donors (Lipinski definition) is 1. The summed E-state index contributed by atoms with van der Waals surface area (Å²) in [5.41, 5.74) is 5.85. The quantitative estimate of drug-likeness (QED) is 0.882. The van der Waals surface area contributed by atoms with Crippen LogP contribution in [0.4, 0.5) is 5.13 Å². The van der Waals surface area contributed by atoms with Gasteiger partial charge in [0.05, 0.1) is 12.2 Å². The van der Waals surface area contributed by atoms with Crippen molar-refractivity contribution in [2.75, 3.05) is 25.0 Å². The first kappa shape index (κ1) is 18.1. The van der Waals surface area contributed by atoms with Crippen molar-refractivity contribution in [3.8, 4) is 11.3 Å². The molecule has 25 heavy (non-hydrogen) atoms. The molecule has 0 bridgehead atoms. The number of anilines is 1. The lowest BCUT2D eigenvalue weighted by Gasteiger charge is -2.29. The maximum absolute atomic E-state index is 12.3. The molecular formula is C20H27N3OS. The van der Waals surface area contributed by atoms with E-state index in [1.54, 1.807) is 0 Å². The molecule has 1 aliphatic heterocycles. The molecule has 1 aliphatic rings. The van der Waals surface area contributed by atoms with Crippen LogP contribution in [0, 0.1) is 26.7 Å². The van der Waals surface area contributed by atoms with Crippen LogP contribution in [-0.2, 0) is 4.79 Å². The van der Waals surface area contributed by atoms with Gasteiger partial charge in [0.1, 0.15) is 0 Å². The molecule has 0 saturated carbocycles. The van der Waals surface area contributed by atoms with Crippen LogP contribution in [0.5, 0.6) is 0 Å². The summed E-state index contributed by atoms with van der Waals surface area (Å²) in [7, 11) is 0. The number of carbonyl (C=O) groups is 1. The van der Waals surface area contributed by atoms with E-state index >= 15 is 0 Å². The maximum atomic E-state index is 12.3. The number of aryl methyl sites for hydroxylation is 3. The molecule has 1 fully saturated rings. The monoisotopic (exact) mass is 357 g/mol. The van der Waals surface area contributed by atoms with Crippen molar-refractivity contribution < 1.29 is 4.79 Å². The summed E-state index contributed by atoms with van der Waals surface area (Å²) >= 11 is 1.49. The molecule has 1 N–H and O–H groups in total. The van der Waals surface area contributed by atoms with Gasteiger partial charge < -0.3 is 5.32 Å². The SMILES string of the molecule is Cc1cc(C)c(-c2csc(NC(=O)CN3CCCC(C)C3)n2)cc1C. The van der Waals surface area contributed by atoms with E-state index in [2.05, 4.69) is 55.0 Å². The first-order valence-corrected chi connectivity index (χ1v) is 9.86. The number of benzene rings is 1. The van der Waals surface area contributed by atoms with Gasteiger partial charge in [0.15, 0.2) is 5.13 Å². The van der Waals surface area contributed by atoms with Crippen LogP contribution in [0.15, 0.2) is 17.5 Å². The van der Waals surface area contributed by atoms with E-state index in [-0.39, 0.29) is 5.91 Å². The molecule has 2 heterocycles. The lowest BCUT2D eigenvalue weighted by atomic mass is 9.99. The minimum atomic E-state index is 0.0341. The molecule has 134 valence electrons. The van der Waals surface area contributed by atoms with Gasteiger partial charge in [-0.05, 0) is 68.8 Å². The van der Waals surface area contributed by atoms with E-state index in [1.165, 1.54) is 40.9 Å². The Hall–Kier alpha value is -1.72. The highest BCUT2D eigenvalue weighted by Crippen LogP contribution is 2.29. The average molecular weight is 358 g/mol. The third-order valence-corrected chi connectivity index (χ3v) is 5.73. The van der Waals surface area contributed by atoms with Crippen LogP contribution in [0.2, 0.25) is 0 Å². The number of rotatable bonds is 4. The van der Waals surface area contributed by atoms with E-state index in [4.69, 9.17) is 0 Å². The lowest BCUT2D eigenvalue weighted by Crippen LogP contribution is -2.39. The number of likely N-dealkylation sites (tertiary alicyclic amines) is 1. The smallest absolute Gasteiger partial charge is 0.240 e. The number of piperidine rings is 1. The van der Waals surface area contributed by atoms with Gasteiger partial charge in [-0.1, -0.05) is 13.0 Å². The number of amides is 1. The molecule has 1 unspecified atom stereocenters. The molecule has 1 aromatic carbocycles. The summed E-state index contributed by atoms with van der Waals surface area (Å²) in [6.07, 6.45) is 2.45. The van der Waals surface area contributed by atoms with Crippen LogP contribution in [-0.4, -0.2) is 35.4 Å². The highest BCUT2D eigenvalue weighted by molar-refractivity contribution is 7.14. The molecule has 0 aliphatic carbocycles. The van der Waals surface area contributed by atoms with Crippen molar-refractivity contribution in [1.82, 2.24) is 9.88 Å². The largest absolute Gasteiger partial charge is 0.301 e. The normalized spacial score (nSPS) is 18.3. The summed E-state index contributed by atoms with van der Waals surface area (Å²) in [4.78, 5) is 19.2. The zero-order valence-corrected chi connectivity index (χ0v) is 16.4. The maximum Gasteiger partial charge on any atom is 0.240 e. The Bertz CT molecular complexity index is 768. The first-order chi connectivity index (χ1) is 11.9. The molecule has 3 rings (SSSR count). The van der Waals surface area contributed by atoms with Crippen LogP contribution < -0.4 is 5.32 Å². The number of carbonyl (C=O) groups excluding carboxylic acids is 1. The Balaban J connectivity index is 1.65. The topological polar surface area (TPSA) is 45.2 Å². The zero-order valence-electron chi connectivity index (χ0n) is 15.6. The van der Waals surface area contributed by atoms with Crippen LogP contribution in [0.25, 0.3) is 11.3 Å². The van der Waals surface area contributed by atoms with Crippen LogP contribution in [0.1, 0.15) is 36.5 Å². The van der Waals surface area contributed by atoms with Gasteiger partial charge in [-0.15, -0.1) is 11.3 Å². The zero-order chi connectivity index (χ0) is 18.0. The van der Waals surface area contributed by atoms with E-state index in [0.29, 0.717) is 17.6 Å². The van der Waals surface area contributed by atoms with Crippen molar-refractivity contribution in [2.24, 2.45) is 5.92 Å². The lowest BCUT2D eigenvalue weighted by molar-refractivity contribution is -0.117. The molecule has 1 amide bonds. The second kappa shape index (κ2) is 7.67. The fourth-order valence-electron chi connectivity index (χ4n) is 3.48. The predicted octanol–water partition coefficient (Wildman–Crippen LogP) is 4.41. The summed E-state index contributed by atoms with van der Waals surface area (Å²) in [5, 5.41) is 5.67. The summed E-state index contributed by atoms with van der Waals surface area (Å²) in [6.45, 7) is 11.1. The number of nitrogens with one attached hydrogen (secondary N) is 1. The fraction of sp³-hybridized carbons (Fsp3) is 0.500. The summed E-state index contributed by atoms with van der Waals surface area (Å²) in [5.74, 6) is 0.715. The second-order valence-electron chi connectivity index (χ2n) is 7.32. The fourth-order valence-corrected chi connectivity index (χ4v) is 4.21. The van der Waals surface area contributed by atoms with Gasteiger partial charge in [0, 0.05) is 17.5 Å². The predicted molar refractivity (Wildman–Crippen MR) is 105 cm³/mol. The number of thiazole rings is 1. The van der Waals surface area contributed by atoms with Gasteiger partial charge in [0.2, 0.25) is 5.91 Å². The Morgan fingerprint density at radius 3 is 2.80 bits per heavy atom. The van der Waals surface area contributed by atoms with Gasteiger partial charge in [-0.25, -0.2) is 4.98 Å². The van der Waals surface area contributed by atoms with E-state index in [9.17, 15) is 4.79 Å². The summed E-state index contributed by atoms with van der Waals surface area (Å²) in [6, 6.07) is 4.38. The Labute approximate surface area is 154 Å². The highest BCUT2D eigenvalue weighted by atomic mass is 32.1. The standard InChI is InChI=1S/C20H27N3OS/c1-13-6-5-7-23(10-13)11-19(24)22-20-21-18(12-25-20)17-9-15(3)14(2)8-16(17)4/h8-9,12-13H,5-7,10-11H2,1-4H3,(H,21,22,24). The molecule has 5 heteroatoms. The minimum absolute atomic E-state index is 0.0341. The minimum Gasteiger partial charge on any atom is -0.301 e. The third kappa shape index (κ3) is 4.47. The molecule has 0 radical (unpaired) electrons. The van der Waals surface area contributed by atoms with Crippen LogP contribution in [0.3, 0.4) is 0 Å². The van der Waals surface area contributed by atoms with Gasteiger partial charge in [-0.3, -0.25) is 9.69 Å². The van der Waals surface area contributed by atoms with Gasteiger partial charge in [-0.2, -0.15) is 0 Å². The molecule has 2 aromatic rings. The van der Waals surface area contributed by atoms with Crippen molar-refractivity contribution >= 4 is 22.4 Å². The van der Waals surface area contributed by atoms with E-state index in [1.807, 2.05) is 5.38 Å². The van der Waals surface area contributed by atoms with E-state index in [0.717, 1.165) is 24.3 Å². The van der Waals surface area contributed by atoms with Crippen molar-refractivity contribution in [2.45, 2.75) is 40.5 Å². The number of hydrogen-bond acceptors (Lipinski definition) is 4. The highest BCUT2D eigenvalue weighted by Gasteiger charge is 2.19. The molecule has 1 aromatic heterocycles. The molecule has 1 saturated heterocycles. The number of nitrogens with zero attached hydrogens (tertiary/aromatic N) is 2. The van der Waals surface area contributed by atoms with Crippen molar-refractivity contribution in [3.05, 3.63) is 34.2 Å². The molecule has 0 spiro atoms. The van der Waals surface area contributed by atoms with Crippen molar-refractivity contribution in [3.63, 3.8) is 0 Å². The van der Waals surface area contributed by atoms with Crippen LogP contribution >= 0.6 is 11.3 Å². The third-order valence-electron chi connectivity index (χ3n) is 4.98. The van der Waals surface area contributed by atoms with E-state index < -0.39 is 0 Å². The Morgan fingerprint density at radius 1 is 1.28 bits per heavy atom. The molecular weight excluding hydrogens is 330 g/mol. The Kier molecular flexibility index (Phi) is 5.54. The average Bonchev–Trinajstić information content (AvgIpc) is 2.99. The summed E-state index contributed by atoms with van der Waals surface area (Å²) < 4.78 is 0. The van der Waals surface area contributed by atoms with Gasteiger partial charge in [0.25, 0.3) is 0 Å².